The van der Waals surface area contributed by atoms with E-state index in [2.05, 4.69) is 4.98 Å². The van der Waals surface area contributed by atoms with E-state index in [0.29, 0.717) is 18.1 Å². The molecule has 1 aromatic carbocycles. The summed E-state index contributed by atoms with van der Waals surface area (Å²) in [4.78, 5) is 3.81. The highest BCUT2D eigenvalue weighted by atomic mass is 19.1. The number of benzene rings is 1. The molecular weight excluding hydrogens is 249 g/mol. The molecule has 100 valence electrons. The minimum atomic E-state index is -0.660. The van der Waals surface area contributed by atoms with Crippen LogP contribution in [0.5, 0.6) is 17.4 Å². The summed E-state index contributed by atoms with van der Waals surface area (Å²) in [5.74, 6) is 0.234. The third kappa shape index (κ3) is 3.20. The average molecular weight is 263 g/mol. The molecule has 0 aliphatic rings. The van der Waals surface area contributed by atoms with Gasteiger partial charge < -0.3 is 14.6 Å². The van der Waals surface area contributed by atoms with Gasteiger partial charge >= 0.3 is 0 Å². The minimum absolute atomic E-state index is 0.144. The number of ether oxygens (including phenoxy) is 2. The Morgan fingerprint density at radius 1 is 1.26 bits per heavy atom. The van der Waals surface area contributed by atoms with Crippen LogP contribution >= 0.6 is 0 Å². The summed E-state index contributed by atoms with van der Waals surface area (Å²) in [6.07, 6.45) is 1.39. The molecule has 0 atom stereocenters. The molecule has 0 fully saturated rings. The van der Waals surface area contributed by atoms with E-state index in [1.807, 2.05) is 6.92 Å². The molecule has 2 aromatic rings. The number of hydrogen-bond donors (Lipinski definition) is 1. The van der Waals surface area contributed by atoms with Crippen molar-refractivity contribution in [2.24, 2.45) is 0 Å². The molecule has 4 nitrogen and oxygen atoms in total. The highest BCUT2D eigenvalue weighted by Crippen LogP contribution is 2.26. The van der Waals surface area contributed by atoms with Gasteiger partial charge in [0.15, 0.2) is 5.82 Å². The summed E-state index contributed by atoms with van der Waals surface area (Å²) >= 11 is 0. The normalized spacial score (nSPS) is 10.3. The Bertz CT molecular complexity index is 560. The molecule has 0 spiro atoms. The molecule has 0 bridgehead atoms. The van der Waals surface area contributed by atoms with Gasteiger partial charge in [-0.3, -0.25) is 0 Å². The molecule has 2 rings (SSSR count). The van der Waals surface area contributed by atoms with Gasteiger partial charge in [0.1, 0.15) is 11.5 Å². The second-order valence-corrected chi connectivity index (χ2v) is 3.76. The lowest BCUT2D eigenvalue weighted by Crippen LogP contribution is -1.97. The Balaban J connectivity index is 2.23. The van der Waals surface area contributed by atoms with Crippen LogP contribution in [0.1, 0.15) is 12.5 Å². The number of hydrogen-bond acceptors (Lipinski definition) is 4. The van der Waals surface area contributed by atoms with Crippen LogP contribution in [0, 0.1) is 5.82 Å². The highest BCUT2D eigenvalue weighted by Gasteiger charge is 2.11. The fraction of sp³-hybridized carbons (Fsp3) is 0.214. The molecule has 19 heavy (non-hydrogen) atoms. The molecular formula is C14H14FNO3. The van der Waals surface area contributed by atoms with E-state index >= 15 is 0 Å². The third-order valence-electron chi connectivity index (χ3n) is 2.44. The smallest absolute Gasteiger partial charge is 0.256 e. The molecule has 5 heteroatoms. The Morgan fingerprint density at radius 3 is 2.79 bits per heavy atom. The van der Waals surface area contributed by atoms with Crippen molar-refractivity contribution >= 4 is 0 Å². The van der Waals surface area contributed by atoms with Crippen molar-refractivity contribution < 1.29 is 19.0 Å². The molecule has 1 N–H and O–H groups in total. The fourth-order valence-corrected chi connectivity index (χ4v) is 1.56. The number of rotatable bonds is 5. The lowest BCUT2D eigenvalue weighted by atomic mass is 10.2. The zero-order chi connectivity index (χ0) is 13.7. The second kappa shape index (κ2) is 6.15. The molecule has 1 heterocycles. The van der Waals surface area contributed by atoms with Crippen LogP contribution in [-0.2, 0) is 6.61 Å². The van der Waals surface area contributed by atoms with E-state index in [-0.39, 0.29) is 11.4 Å². The molecule has 0 radical (unpaired) electrons. The van der Waals surface area contributed by atoms with Crippen LogP contribution < -0.4 is 9.47 Å². The first-order chi connectivity index (χ1) is 9.24. The van der Waals surface area contributed by atoms with Crippen LogP contribution in [0.4, 0.5) is 4.39 Å². The Morgan fingerprint density at radius 2 is 2.05 bits per heavy atom. The summed E-state index contributed by atoms with van der Waals surface area (Å²) < 4.78 is 24.5. The van der Waals surface area contributed by atoms with E-state index < -0.39 is 12.4 Å². The predicted molar refractivity (Wildman–Crippen MR) is 67.8 cm³/mol. The van der Waals surface area contributed by atoms with Gasteiger partial charge in [0, 0.05) is 17.8 Å². The fourth-order valence-electron chi connectivity index (χ4n) is 1.56. The van der Waals surface area contributed by atoms with Gasteiger partial charge in [-0.2, -0.15) is 0 Å². The minimum Gasteiger partial charge on any atom is -0.494 e. The van der Waals surface area contributed by atoms with Crippen molar-refractivity contribution in [1.82, 2.24) is 4.98 Å². The van der Waals surface area contributed by atoms with Gasteiger partial charge in [-0.25, -0.2) is 9.37 Å². The predicted octanol–water partition coefficient (Wildman–Crippen LogP) is 2.90. The first kappa shape index (κ1) is 13.3. The van der Waals surface area contributed by atoms with E-state index in [9.17, 15) is 4.39 Å². The Hall–Kier alpha value is -2.14. The van der Waals surface area contributed by atoms with Gasteiger partial charge in [0.2, 0.25) is 0 Å². The maximum Gasteiger partial charge on any atom is 0.256 e. The van der Waals surface area contributed by atoms with Gasteiger partial charge in [0.25, 0.3) is 5.88 Å². The van der Waals surface area contributed by atoms with Crippen molar-refractivity contribution in [1.29, 1.82) is 0 Å². The van der Waals surface area contributed by atoms with Crippen molar-refractivity contribution in [2.75, 3.05) is 6.61 Å². The van der Waals surface area contributed by atoms with Crippen LogP contribution in [0.2, 0.25) is 0 Å². The summed E-state index contributed by atoms with van der Waals surface area (Å²) in [6.45, 7) is 2.01. The van der Waals surface area contributed by atoms with Crippen LogP contribution in [0.15, 0.2) is 36.5 Å². The van der Waals surface area contributed by atoms with Gasteiger partial charge in [-0.1, -0.05) is 6.07 Å². The first-order valence-electron chi connectivity index (χ1n) is 5.89. The monoisotopic (exact) mass is 263 g/mol. The molecule has 0 amide bonds. The molecule has 0 saturated carbocycles. The molecule has 0 aliphatic heterocycles. The van der Waals surface area contributed by atoms with Crippen molar-refractivity contribution in [2.45, 2.75) is 13.5 Å². The number of aromatic nitrogens is 1. The number of nitrogens with zero attached hydrogens (tertiary/aromatic N) is 1. The second-order valence-electron chi connectivity index (χ2n) is 3.76. The summed E-state index contributed by atoms with van der Waals surface area (Å²) in [5, 5.41) is 8.98. The lowest BCUT2D eigenvalue weighted by Gasteiger charge is -2.09. The summed E-state index contributed by atoms with van der Waals surface area (Å²) in [6, 6.07) is 8.25. The molecule has 0 unspecified atom stereocenters. The number of pyridine rings is 1. The number of aliphatic hydroxyl groups excluding tert-OH is 1. The van der Waals surface area contributed by atoms with E-state index in [1.165, 1.54) is 12.3 Å². The van der Waals surface area contributed by atoms with Gasteiger partial charge in [-0.05, 0) is 25.1 Å². The standard InChI is InChI=1S/C14H14FNO3/c1-2-18-11-4-3-5-12(8-11)19-14-13(15)10(9-17)6-7-16-14/h3-8,17H,2,9H2,1H3. The van der Waals surface area contributed by atoms with E-state index in [0.717, 1.165) is 0 Å². The quantitative estimate of drug-likeness (QED) is 0.901. The Kier molecular flexibility index (Phi) is 4.30. The SMILES string of the molecule is CCOc1cccc(Oc2nccc(CO)c2F)c1. The molecule has 0 aliphatic carbocycles. The zero-order valence-electron chi connectivity index (χ0n) is 10.5. The maximum absolute atomic E-state index is 13.8. The maximum atomic E-state index is 13.8. The number of aliphatic hydroxyl groups is 1. The number of halogens is 1. The third-order valence-corrected chi connectivity index (χ3v) is 2.44. The van der Waals surface area contributed by atoms with E-state index in [1.54, 1.807) is 24.3 Å². The van der Waals surface area contributed by atoms with Crippen molar-refractivity contribution in [3.63, 3.8) is 0 Å². The summed E-state index contributed by atoms with van der Waals surface area (Å²) in [7, 11) is 0. The van der Waals surface area contributed by atoms with Crippen molar-refractivity contribution in [3.05, 3.63) is 47.9 Å². The van der Waals surface area contributed by atoms with Crippen LogP contribution in [-0.4, -0.2) is 16.7 Å². The van der Waals surface area contributed by atoms with Crippen LogP contribution in [0.25, 0.3) is 0 Å². The van der Waals surface area contributed by atoms with Crippen molar-refractivity contribution in [3.8, 4) is 17.4 Å². The first-order valence-corrected chi connectivity index (χ1v) is 5.89. The summed E-state index contributed by atoms with van der Waals surface area (Å²) in [5.41, 5.74) is 0.144. The Labute approximate surface area is 110 Å². The molecule has 1 aromatic heterocycles. The lowest BCUT2D eigenvalue weighted by molar-refractivity contribution is 0.272. The largest absolute Gasteiger partial charge is 0.494 e. The zero-order valence-corrected chi connectivity index (χ0v) is 10.5. The average Bonchev–Trinajstić information content (AvgIpc) is 2.42. The van der Waals surface area contributed by atoms with E-state index in [4.69, 9.17) is 14.6 Å². The van der Waals surface area contributed by atoms with Crippen LogP contribution in [0.3, 0.4) is 0 Å². The van der Waals surface area contributed by atoms with Gasteiger partial charge in [-0.15, -0.1) is 0 Å². The van der Waals surface area contributed by atoms with Gasteiger partial charge in [0.05, 0.1) is 13.2 Å². The topological polar surface area (TPSA) is 51.6 Å². The molecule has 0 saturated heterocycles. The highest BCUT2D eigenvalue weighted by molar-refractivity contribution is 5.36.